The molecule has 0 radical (unpaired) electrons. The van der Waals surface area contributed by atoms with Crippen molar-refractivity contribution >= 4 is 54.7 Å². The summed E-state index contributed by atoms with van der Waals surface area (Å²) < 4.78 is 49.8. The van der Waals surface area contributed by atoms with E-state index in [1.54, 1.807) is 46.5 Å². The number of amides is 1. The molecule has 432 valence electrons. The lowest BCUT2D eigenvalue weighted by Crippen LogP contribution is -2.67. The van der Waals surface area contributed by atoms with Crippen molar-refractivity contribution < 1.29 is 60.6 Å². The fourth-order valence-electron chi connectivity index (χ4n) is 10.7. The minimum Gasteiger partial charge on any atom is -0.462 e. The first-order valence-corrected chi connectivity index (χ1v) is 29.7. The SMILES string of the molecule is CO[C@@H]1C/C=C/c2nc(co2)-c2nc(co2)-c2nc(co2)[C@@H](C)CC(=O)CCC[C@@H](O[Si](c2ccccc2)(c2ccccc2)C(C)(C)C)CC(=O)O[C@H](C[C@@H](OC)[C@@H](C)CCC(=O)[C@H](C)[C@H](OC(C)=O)[C@H](C)/C=C/N(C)C=O)[C@H]1C. The Bertz CT molecular complexity index is 2800. The highest BCUT2D eigenvalue weighted by Crippen LogP contribution is 2.39. The van der Waals surface area contributed by atoms with Gasteiger partial charge in [-0.3, -0.25) is 24.0 Å². The summed E-state index contributed by atoms with van der Waals surface area (Å²) in [6.07, 6.45) is 11.3. The number of ketones is 2. The molecule has 17 nitrogen and oxygen atoms in total. The Morgan fingerprint density at radius 1 is 0.875 bits per heavy atom. The third-order valence-corrected chi connectivity index (χ3v) is 20.5. The van der Waals surface area contributed by atoms with Crippen LogP contribution in [-0.2, 0) is 47.3 Å². The van der Waals surface area contributed by atoms with Crippen LogP contribution in [0.15, 0.2) is 111 Å². The molecule has 80 heavy (non-hydrogen) atoms. The zero-order valence-corrected chi connectivity index (χ0v) is 49.6. The summed E-state index contributed by atoms with van der Waals surface area (Å²) in [6, 6.07) is 20.5. The molecule has 5 aromatic rings. The van der Waals surface area contributed by atoms with Gasteiger partial charge in [0.1, 0.15) is 42.6 Å². The highest BCUT2D eigenvalue weighted by atomic mass is 28.4. The number of benzene rings is 2. The van der Waals surface area contributed by atoms with Crippen molar-refractivity contribution in [1.29, 1.82) is 0 Å². The van der Waals surface area contributed by atoms with E-state index in [4.69, 9.17) is 36.6 Å². The van der Waals surface area contributed by atoms with Gasteiger partial charge in [0, 0.05) is 77.8 Å². The second kappa shape index (κ2) is 29.2. The van der Waals surface area contributed by atoms with Gasteiger partial charge in [0.05, 0.1) is 36.3 Å². The molecule has 4 heterocycles. The Hall–Kier alpha value is -6.60. The van der Waals surface area contributed by atoms with Gasteiger partial charge in [-0.2, -0.15) is 0 Å². The maximum absolute atomic E-state index is 15.0. The first-order chi connectivity index (χ1) is 38.2. The van der Waals surface area contributed by atoms with Crippen molar-refractivity contribution in [1.82, 2.24) is 19.9 Å². The number of methoxy groups -OCH3 is 2. The fourth-order valence-corrected chi connectivity index (χ4v) is 15.4. The highest BCUT2D eigenvalue weighted by Gasteiger charge is 2.52. The third-order valence-electron chi connectivity index (χ3n) is 15.4. The summed E-state index contributed by atoms with van der Waals surface area (Å²) in [7, 11) is 1.59. The molecule has 0 saturated carbocycles. The van der Waals surface area contributed by atoms with Gasteiger partial charge in [-0.05, 0) is 53.1 Å². The van der Waals surface area contributed by atoms with Crippen LogP contribution in [0.25, 0.3) is 29.2 Å². The highest BCUT2D eigenvalue weighted by molar-refractivity contribution is 6.99. The number of oxazole rings is 3. The van der Waals surface area contributed by atoms with E-state index in [2.05, 4.69) is 60.0 Å². The number of rotatable bonds is 19. The van der Waals surface area contributed by atoms with Gasteiger partial charge in [-0.25, -0.2) is 15.0 Å². The van der Waals surface area contributed by atoms with Crippen molar-refractivity contribution in [2.24, 2.45) is 23.7 Å². The van der Waals surface area contributed by atoms with E-state index in [1.165, 1.54) is 30.6 Å². The standard InChI is InChI=1S/C62H82N4O13Si/c1-40(29-30-53(70)43(4)59(77-45(6)68)41(2)31-32-66(10)39-67)55(73-12)35-56-44(5)54(72-11)27-20-28-57-63-51(37-74-57)60-65-52(38-76-60)61-64-50(36-75-61)42(3)33-46(69)21-19-22-47(34-58(71)78-56)79-80(62(7,8)9,48-23-15-13-16-24-48)49-25-17-14-18-26-49/h13-18,20,23-26,28,31-32,36-44,47,54-56,59H,19,21-22,27,29-30,33-35H2,1-12H3/b28-20+,32-31+/t40-,41+,42-,43-,44-,47+,54+,55+,56+,59+/m0/s1. The lowest BCUT2D eigenvalue weighted by Gasteiger charge is -2.45. The van der Waals surface area contributed by atoms with Gasteiger partial charge >= 0.3 is 11.9 Å². The minimum absolute atomic E-state index is 0.0314. The first-order valence-electron chi connectivity index (χ1n) is 27.8. The predicted molar refractivity (Wildman–Crippen MR) is 306 cm³/mol. The number of cyclic esters (lactones) is 1. The zero-order chi connectivity index (χ0) is 58.1. The summed E-state index contributed by atoms with van der Waals surface area (Å²) in [4.78, 5) is 81.4. The molecule has 0 unspecified atom stereocenters. The lowest BCUT2D eigenvalue weighted by atomic mass is 9.84. The summed E-state index contributed by atoms with van der Waals surface area (Å²) >= 11 is 0. The molecule has 0 fully saturated rings. The van der Waals surface area contributed by atoms with Crippen LogP contribution < -0.4 is 10.4 Å². The smallest absolute Gasteiger partial charge is 0.308 e. The molecule has 2 aromatic carbocycles. The van der Waals surface area contributed by atoms with Gasteiger partial charge in [0.15, 0.2) is 11.4 Å². The molecule has 18 heteroatoms. The number of carbonyl (C=O) groups is 5. The molecule has 1 amide bonds. The summed E-state index contributed by atoms with van der Waals surface area (Å²) in [5, 5.41) is 1.69. The molecule has 6 rings (SSSR count). The molecule has 3 aromatic heterocycles. The molecule has 0 N–H and O–H groups in total. The van der Waals surface area contributed by atoms with E-state index in [0.29, 0.717) is 55.1 Å². The number of carbonyl (C=O) groups excluding carboxylic acids is 5. The van der Waals surface area contributed by atoms with Crippen LogP contribution in [-0.4, -0.2) is 110 Å². The number of aromatic nitrogens is 3. The quantitative estimate of drug-likeness (QED) is 0.0427. The Morgan fingerprint density at radius 2 is 1.51 bits per heavy atom. The topological polar surface area (TPSA) is 213 Å². The van der Waals surface area contributed by atoms with Gasteiger partial charge in [0.25, 0.3) is 8.32 Å². The van der Waals surface area contributed by atoms with Crippen LogP contribution in [0.5, 0.6) is 0 Å². The number of hydrogen-bond acceptors (Lipinski definition) is 16. The molecule has 0 saturated heterocycles. The number of fused-ring (bicyclic) bond motifs is 8. The molecule has 1 aliphatic rings. The maximum atomic E-state index is 15.0. The monoisotopic (exact) mass is 1120 g/mol. The number of esters is 2. The molecule has 10 atom stereocenters. The predicted octanol–water partition coefficient (Wildman–Crippen LogP) is 10.7. The second-order valence-corrected chi connectivity index (χ2v) is 26.7. The first kappa shape index (κ1) is 62.6. The molecule has 0 spiro atoms. The van der Waals surface area contributed by atoms with Crippen LogP contribution in [0.3, 0.4) is 0 Å². The van der Waals surface area contributed by atoms with Crippen molar-refractivity contribution in [3.8, 4) is 23.2 Å². The van der Waals surface area contributed by atoms with E-state index < -0.39 is 67.6 Å². The molecular formula is C62H82N4O13Si. The summed E-state index contributed by atoms with van der Waals surface area (Å²) in [6.45, 7) is 17.4. The number of hydrogen-bond donors (Lipinski definition) is 0. The van der Waals surface area contributed by atoms with Crippen molar-refractivity contribution in [3.05, 3.63) is 109 Å². The van der Waals surface area contributed by atoms with E-state index in [0.717, 1.165) is 10.4 Å². The Balaban J connectivity index is 1.33. The van der Waals surface area contributed by atoms with Crippen LogP contribution in [0, 0.1) is 23.7 Å². The van der Waals surface area contributed by atoms with Gasteiger partial charge in [-0.1, -0.05) is 128 Å². The fraction of sp³-hybridized carbons (Fsp3) is 0.516. The van der Waals surface area contributed by atoms with Gasteiger partial charge in [0.2, 0.25) is 24.1 Å². The number of Topliss-reactive ketones (excluding diaryl/α,β-unsaturated/α-hetero) is 2. The van der Waals surface area contributed by atoms with Crippen LogP contribution in [0.2, 0.25) is 5.04 Å². The van der Waals surface area contributed by atoms with E-state index in [9.17, 15) is 24.0 Å². The maximum Gasteiger partial charge on any atom is 0.308 e. The number of nitrogens with zero attached hydrogens (tertiary/aromatic N) is 4. The molecule has 6 bridgehead atoms. The van der Waals surface area contributed by atoms with Crippen LogP contribution in [0.1, 0.15) is 138 Å². The van der Waals surface area contributed by atoms with Crippen LogP contribution >= 0.6 is 0 Å². The number of ether oxygens (including phenoxy) is 4. The Kier molecular flexibility index (Phi) is 22.9. The second-order valence-electron chi connectivity index (χ2n) is 22.5. The largest absolute Gasteiger partial charge is 0.462 e. The molecular weight excluding hydrogens is 1040 g/mol. The Labute approximate surface area is 472 Å². The third kappa shape index (κ3) is 16.5. The van der Waals surface area contributed by atoms with E-state index in [-0.39, 0.29) is 73.2 Å². The van der Waals surface area contributed by atoms with E-state index >= 15 is 0 Å². The average molecular weight is 1120 g/mol. The van der Waals surface area contributed by atoms with Gasteiger partial charge < -0.3 is 41.5 Å². The van der Waals surface area contributed by atoms with Crippen molar-refractivity contribution in [2.45, 2.75) is 162 Å². The normalized spacial score (nSPS) is 21.5. The van der Waals surface area contributed by atoms with Gasteiger partial charge in [-0.15, -0.1) is 0 Å². The average Bonchev–Trinajstić information content (AvgIpc) is 4.38. The Morgan fingerprint density at radius 3 is 2.14 bits per heavy atom. The van der Waals surface area contributed by atoms with Crippen LogP contribution in [0.4, 0.5) is 0 Å². The summed E-state index contributed by atoms with van der Waals surface area (Å²) in [5.74, 6) is -2.18. The molecule has 1 aliphatic heterocycles. The van der Waals surface area contributed by atoms with Crippen molar-refractivity contribution in [2.75, 3.05) is 21.3 Å². The molecule has 0 aliphatic carbocycles. The lowest BCUT2D eigenvalue weighted by molar-refractivity contribution is -0.159. The minimum atomic E-state index is -3.23. The van der Waals surface area contributed by atoms with E-state index in [1.807, 2.05) is 70.2 Å². The summed E-state index contributed by atoms with van der Waals surface area (Å²) in [5.41, 5.74) is 1.33. The van der Waals surface area contributed by atoms with Crippen molar-refractivity contribution in [3.63, 3.8) is 0 Å². The zero-order valence-electron chi connectivity index (χ0n) is 48.6.